The molecular weight excluding hydrogens is 890 g/mol. The minimum atomic E-state index is -3.96. The minimum absolute atomic E-state index is 0.00221. The van der Waals surface area contributed by atoms with Crippen molar-refractivity contribution >= 4 is 55.2 Å². The van der Waals surface area contributed by atoms with Gasteiger partial charge in [-0.25, -0.2) is 39.7 Å². The molecule has 1 fully saturated rings. The highest BCUT2D eigenvalue weighted by Crippen LogP contribution is 2.68. The summed E-state index contributed by atoms with van der Waals surface area (Å²) in [6.07, 6.45) is -2.23. The highest BCUT2D eigenvalue weighted by molar-refractivity contribution is 7.92. The lowest BCUT2D eigenvalue weighted by atomic mass is 10.0. The van der Waals surface area contributed by atoms with Gasteiger partial charge in [0.05, 0.1) is 51.0 Å². The van der Waals surface area contributed by atoms with Gasteiger partial charge in [-0.1, -0.05) is 17.7 Å². The van der Waals surface area contributed by atoms with E-state index in [4.69, 9.17) is 16.6 Å². The van der Waals surface area contributed by atoms with Gasteiger partial charge in [0.25, 0.3) is 17.9 Å². The van der Waals surface area contributed by atoms with Gasteiger partial charge in [-0.2, -0.15) is 19.0 Å². The van der Waals surface area contributed by atoms with Gasteiger partial charge in [0.2, 0.25) is 15.9 Å². The third-order valence-electron chi connectivity index (χ3n) is 10.9. The maximum Gasteiger partial charge on any atom is 0.293 e. The number of benzene rings is 3. The summed E-state index contributed by atoms with van der Waals surface area (Å²) < 4.78 is 147. The maximum atomic E-state index is 15.5. The second-order valence-electron chi connectivity index (χ2n) is 15.2. The Morgan fingerprint density at radius 1 is 1.00 bits per heavy atom. The summed E-state index contributed by atoms with van der Waals surface area (Å²) in [6.45, 7) is -1.05. The Hall–Kier alpha value is -6.42. The van der Waals surface area contributed by atoms with Crippen molar-refractivity contribution < 1.29 is 48.3 Å². The third kappa shape index (κ3) is 7.33. The average Bonchev–Trinajstić information content (AvgIpc) is 3.72. The fourth-order valence-electron chi connectivity index (χ4n) is 8.35. The zero-order valence-electron chi connectivity index (χ0n) is 32.3. The van der Waals surface area contributed by atoms with Crippen molar-refractivity contribution in [3.05, 3.63) is 128 Å². The van der Waals surface area contributed by atoms with E-state index in [2.05, 4.69) is 25.2 Å². The third-order valence-corrected chi connectivity index (χ3v) is 11.8. The first kappa shape index (κ1) is 41.9. The lowest BCUT2D eigenvalue weighted by Crippen LogP contribution is -2.38. The summed E-state index contributed by atoms with van der Waals surface area (Å²) >= 11 is 6.59. The van der Waals surface area contributed by atoms with Crippen LogP contribution in [0.3, 0.4) is 0 Å². The molecule has 0 radical (unpaired) electrons. The molecule has 9 rings (SSSR count). The number of aryl methyl sites for hydroxylation is 1. The van der Waals surface area contributed by atoms with Gasteiger partial charge in [-0.3, -0.25) is 33.2 Å². The van der Waals surface area contributed by atoms with E-state index in [1.807, 2.05) is 0 Å². The Balaban J connectivity index is 1.26. The summed E-state index contributed by atoms with van der Waals surface area (Å²) in [5.41, 5.74) is -3.60. The molecule has 0 unspecified atom stereocenters. The molecule has 0 bridgehead atoms. The van der Waals surface area contributed by atoms with Crippen LogP contribution in [0.2, 0.25) is 5.02 Å². The number of nitrogens with zero attached hydrogens (tertiary/aromatic N) is 7. The lowest BCUT2D eigenvalue weighted by molar-refractivity contribution is -0.123. The van der Waals surface area contributed by atoms with Crippen molar-refractivity contribution in [1.29, 1.82) is 0 Å². The Morgan fingerprint density at radius 2 is 1.73 bits per heavy atom. The number of alkyl halides is 4. The van der Waals surface area contributed by atoms with E-state index in [1.165, 1.54) is 42.1 Å². The van der Waals surface area contributed by atoms with Gasteiger partial charge in [0, 0.05) is 42.6 Å². The fourth-order valence-corrected chi connectivity index (χ4v) is 9.09. The second kappa shape index (κ2) is 14.9. The van der Waals surface area contributed by atoms with Crippen molar-refractivity contribution in [3.63, 3.8) is 0 Å². The van der Waals surface area contributed by atoms with Crippen LogP contribution >= 0.6 is 11.6 Å². The zero-order valence-corrected chi connectivity index (χ0v) is 33.9. The Morgan fingerprint density at radius 3 is 2.41 bits per heavy atom. The molecule has 3 atom stereocenters. The summed E-state index contributed by atoms with van der Waals surface area (Å²) in [5, 5.41) is 10.4. The number of anilines is 1. The van der Waals surface area contributed by atoms with Crippen molar-refractivity contribution in [1.82, 2.24) is 39.4 Å². The first-order valence-corrected chi connectivity index (χ1v) is 21.0. The number of carbonyl (C=O) groups excluding carboxylic acids is 1. The van der Waals surface area contributed by atoms with Gasteiger partial charge in [0.15, 0.2) is 11.6 Å². The van der Waals surface area contributed by atoms with Gasteiger partial charge in [0.1, 0.15) is 46.9 Å². The van der Waals surface area contributed by atoms with Crippen LogP contribution in [0.4, 0.5) is 40.9 Å². The molecule has 2 aliphatic carbocycles. The van der Waals surface area contributed by atoms with Crippen LogP contribution in [0.15, 0.2) is 65.6 Å². The van der Waals surface area contributed by atoms with Crippen molar-refractivity contribution in [2.75, 3.05) is 11.0 Å². The van der Waals surface area contributed by atoms with E-state index >= 15 is 13.2 Å². The largest absolute Gasteiger partial charge is 0.344 e. The molecule has 326 valence electrons. The van der Waals surface area contributed by atoms with Crippen LogP contribution < -0.4 is 15.6 Å². The first-order chi connectivity index (χ1) is 29.7. The smallest absolute Gasteiger partial charge is 0.293 e. The average molecular weight is 918 g/mol. The van der Waals surface area contributed by atoms with Crippen LogP contribution in [0.1, 0.15) is 53.1 Å². The number of nitrogens with one attached hydrogen (secondary N) is 2. The predicted molar refractivity (Wildman–Crippen MR) is 211 cm³/mol. The molecule has 13 nitrogen and oxygen atoms in total. The van der Waals surface area contributed by atoms with Gasteiger partial charge >= 0.3 is 0 Å². The van der Waals surface area contributed by atoms with Crippen LogP contribution in [-0.2, 0) is 40.8 Å². The number of aromatic nitrogens is 7. The number of sulfonamides is 1. The number of hydrogen-bond donors (Lipinski definition) is 2. The zero-order chi connectivity index (χ0) is 45.0. The standard InChI is InChI=1S/C40H28ClF8N9O4S/c1-56-34-28(6-5-24(41)31(34)37(54-56)55-63(2,61)62)58-38(52-26-10-17(3-4-21(26)39(58)60)32-25(45)12-20(44)14-50-32)27(9-16-7-18(42)11-19(43)8-16)51-29(59)15-57-35-30(33(53-57)36(46)47)22-13-23(22)40(35,48)49/h3-8,10-12,14,22-23,27,36H,9,13,15H2,1-2H3,(H,51,59)(H,54,55)/t22-,23+,27-/m0/s1. The summed E-state index contributed by atoms with van der Waals surface area (Å²) in [6, 6.07) is 7.79. The number of carbonyl (C=O) groups is 1. The molecule has 3 aromatic carbocycles. The molecule has 4 heterocycles. The van der Waals surface area contributed by atoms with Crippen LogP contribution in [-0.4, -0.2) is 54.7 Å². The van der Waals surface area contributed by atoms with Crippen LogP contribution in [0.25, 0.3) is 38.8 Å². The summed E-state index contributed by atoms with van der Waals surface area (Å²) in [5.74, 6) is -11.6. The molecule has 0 spiro atoms. The molecule has 0 saturated heterocycles. The molecule has 0 aliphatic heterocycles. The highest BCUT2D eigenvalue weighted by atomic mass is 35.5. The van der Waals surface area contributed by atoms with Gasteiger partial charge in [-0.05, 0) is 54.3 Å². The monoisotopic (exact) mass is 917 g/mol. The van der Waals surface area contributed by atoms with Crippen LogP contribution in [0.5, 0.6) is 0 Å². The van der Waals surface area contributed by atoms with E-state index in [-0.39, 0.29) is 67.1 Å². The quantitative estimate of drug-likeness (QED) is 0.128. The number of amides is 1. The number of rotatable bonds is 11. The van der Waals surface area contributed by atoms with Crippen LogP contribution in [0, 0.1) is 29.2 Å². The SMILES string of the molecule is Cn1nc(NS(C)(=O)=O)c2c(Cl)ccc(-n3c([C@H](Cc4cc(F)cc(F)c4)NC(=O)Cn4nc(C(F)F)c5c4C(F)(F)[C@@H]4C[C@H]54)nc4cc(-c5ncc(F)cc5F)ccc4c3=O)c21. The Bertz CT molecular complexity index is 3250. The molecule has 2 aliphatic rings. The Labute approximate surface area is 354 Å². The van der Waals surface area contributed by atoms with Gasteiger partial charge in [-0.15, -0.1) is 0 Å². The molecule has 2 N–H and O–H groups in total. The predicted octanol–water partition coefficient (Wildman–Crippen LogP) is 7.36. The molecule has 1 saturated carbocycles. The fraction of sp³-hybridized carbons (Fsp3) is 0.250. The number of hydrogen-bond acceptors (Lipinski definition) is 8. The normalized spacial score (nSPS) is 17.0. The summed E-state index contributed by atoms with van der Waals surface area (Å²) in [4.78, 5) is 37.6. The van der Waals surface area contributed by atoms with Crippen molar-refractivity contribution in [2.45, 2.75) is 43.7 Å². The van der Waals surface area contributed by atoms with E-state index in [9.17, 15) is 40.0 Å². The summed E-state index contributed by atoms with van der Waals surface area (Å²) in [7, 11) is -2.56. The molecule has 4 aromatic heterocycles. The molecule has 23 heteroatoms. The first-order valence-electron chi connectivity index (χ1n) is 18.7. The molecule has 1 amide bonds. The molecule has 63 heavy (non-hydrogen) atoms. The molecular formula is C40H28ClF8N9O4S. The number of halogens is 9. The van der Waals surface area contributed by atoms with Crippen molar-refractivity contribution in [3.8, 4) is 16.9 Å². The maximum absolute atomic E-state index is 15.5. The van der Waals surface area contributed by atoms with E-state index < -0.39 is 105 Å². The lowest BCUT2D eigenvalue weighted by Gasteiger charge is -2.24. The second-order valence-corrected chi connectivity index (χ2v) is 17.4. The Kier molecular flexibility index (Phi) is 9.88. The number of fused-ring (bicyclic) bond motifs is 5. The minimum Gasteiger partial charge on any atom is -0.344 e. The van der Waals surface area contributed by atoms with Crippen molar-refractivity contribution in [2.24, 2.45) is 13.0 Å². The van der Waals surface area contributed by atoms with E-state index in [1.54, 1.807) is 0 Å². The highest BCUT2D eigenvalue weighted by Gasteiger charge is 2.67. The number of pyridine rings is 1. The van der Waals surface area contributed by atoms with E-state index in [0.717, 1.165) is 29.2 Å². The molecule has 7 aromatic rings. The van der Waals surface area contributed by atoms with Gasteiger partial charge < -0.3 is 5.32 Å². The topological polar surface area (TPSA) is 159 Å². The van der Waals surface area contributed by atoms with E-state index in [0.29, 0.717) is 16.8 Å².